The van der Waals surface area contributed by atoms with Gasteiger partial charge in [-0.15, -0.1) is 5.10 Å². The third kappa shape index (κ3) is 2.64. The van der Waals surface area contributed by atoms with Gasteiger partial charge in [0.25, 0.3) is 0 Å². The number of hydrogen-bond acceptors (Lipinski definition) is 5. The second kappa shape index (κ2) is 6.14. The quantitative estimate of drug-likeness (QED) is 0.870. The van der Waals surface area contributed by atoms with Crippen LogP contribution < -0.4 is 9.80 Å². The Labute approximate surface area is 137 Å². The Morgan fingerprint density at radius 2 is 2.09 bits per heavy atom. The first-order valence-electron chi connectivity index (χ1n) is 8.68. The van der Waals surface area contributed by atoms with Crippen LogP contribution in [0.2, 0.25) is 0 Å². The molecule has 1 aromatic heterocycles. The van der Waals surface area contributed by atoms with Crippen molar-refractivity contribution in [3.63, 3.8) is 0 Å². The minimum atomic E-state index is 0.548. The number of nitrogens with zero attached hydrogens (tertiary/aromatic N) is 5. The van der Waals surface area contributed by atoms with Gasteiger partial charge in [0.05, 0.1) is 6.20 Å². The van der Waals surface area contributed by atoms with Gasteiger partial charge in [0, 0.05) is 24.8 Å². The second-order valence-electron chi connectivity index (χ2n) is 6.40. The topological polar surface area (TPSA) is 45.2 Å². The maximum Gasteiger partial charge on any atom is 0.247 e. The SMILES string of the molecule is CCC1CCCCN1c1nncc(N2CCc3ccccc32)n1. The highest BCUT2D eigenvalue weighted by atomic mass is 15.4. The van der Waals surface area contributed by atoms with Crippen LogP contribution in [0.1, 0.15) is 38.2 Å². The first kappa shape index (κ1) is 14.4. The van der Waals surface area contributed by atoms with E-state index in [1.54, 1.807) is 6.20 Å². The summed E-state index contributed by atoms with van der Waals surface area (Å²) in [6, 6.07) is 9.10. The molecule has 1 saturated heterocycles. The van der Waals surface area contributed by atoms with Crippen LogP contribution in [-0.2, 0) is 6.42 Å². The number of piperidine rings is 1. The first-order chi connectivity index (χ1) is 11.4. The van der Waals surface area contributed by atoms with Crippen molar-refractivity contribution in [3.05, 3.63) is 36.0 Å². The monoisotopic (exact) mass is 309 g/mol. The summed E-state index contributed by atoms with van der Waals surface area (Å²) in [4.78, 5) is 9.47. The van der Waals surface area contributed by atoms with Crippen LogP contribution in [0.5, 0.6) is 0 Å². The molecule has 1 fully saturated rings. The molecule has 0 radical (unpaired) electrons. The molecule has 0 saturated carbocycles. The summed E-state index contributed by atoms with van der Waals surface area (Å²) in [5, 5.41) is 8.58. The maximum absolute atomic E-state index is 4.85. The highest BCUT2D eigenvalue weighted by Gasteiger charge is 2.26. The number of benzene rings is 1. The molecule has 2 aromatic rings. The van der Waals surface area contributed by atoms with Crippen molar-refractivity contribution >= 4 is 17.5 Å². The number of fused-ring (bicyclic) bond motifs is 1. The van der Waals surface area contributed by atoms with Crippen LogP contribution in [0.15, 0.2) is 30.5 Å². The molecule has 1 atom stereocenters. The second-order valence-corrected chi connectivity index (χ2v) is 6.40. The first-order valence-corrected chi connectivity index (χ1v) is 8.68. The number of anilines is 3. The third-order valence-corrected chi connectivity index (χ3v) is 5.05. The van der Waals surface area contributed by atoms with Gasteiger partial charge in [0.1, 0.15) is 0 Å². The molecule has 0 N–H and O–H groups in total. The number of aromatic nitrogens is 3. The predicted molar refractivity (Wildman–Crippen MR) is 92.3 cm³/mol. The van der Waals surface area contributed by atoms with Crippen molar-refractivity contribution in [2.24, 2.45) is 0 Å². The summed E-state index contributed by atoms with van der Waals surface area (Å²) in [5.41, 5.74) is 2.64. The summed E-state index contributed by atoms with van der Waals surface area (Å²) in [6.45, 7) is 4.26. The normalized spacial score (nSPS) is 20.7. The molecule has 1 aromatic carbocycles. The zero-order chi connectivity index (χ0) is 15.6. The zero-order valence-corrected chi connectivity index (χ0v) is 13.6. The molecule has 23 heavy (non-hydrogen) atoms. The van der Waals surface area contributed by atoms with E-state index in [0.29, 0.717) is 6.04 Å². The van der Waals surface area contributed by atoms with Gasteiger partial charge in [-0.2, -0.15) is 10.1 Å². The van der Waals surface area contributed by atoms with Crippen LogP contribution >= 0.6 is 0 Å². The predicted octanol–water partition coefficient (Wildman–Crippen LogP) is 3.33. The Morgan fingerprint density at radius 3 is 3.00 bits per heavy atom. The Hall–Kier alpha value is -2.17. The van der Waals surface area contributed by atoms with Crippen molar-refractivity contribution < 1.29 is 0 Å². The summed E-state index contributed by atoms with van der Waals surface area (Å²) in [7, 11) is 0. The van der Waals surface area contributed by atoms with E-state index in [0.717, 1.165) is 37.7 Å². The summed E-state index contributed by atoms with van der Waals surface area (Å²) < 4.78 is 0. The summed E-state index contributed by atoms with van der Waals surface area (Å²) in [5.74, 6) is 1.71. The van der Waals surface area contributed by atoms with Crippen LogP contribution in [0.4, 0.5) is 17.5 Å². The van der Waals surface area contributed by atoms with Crippen molar-refractivity contribution in [3.8, 4) is 0 Å². The van der Waals surface area contributed by atoms with E-state index in [-0.39, 0.29) is 0 Å². The summed E-state index contributed by atoms with van der Waals surface area (Å²) in [6.07, 6.45) is 7.75. The molecule has 2 aliphatic heterocycles. The Morgan fingerprint density at radius 1 is 1.17 bits per heavy atom. The van der Waals surface area contributed by atoms with Gasteiger partial charge >= 0.3 is 0 Å². The summed E-state index contributed by atoms with van der Waals surface area (Å²) >= 11 is 0. The van der Waals surface area contributed by atoms with E-state index < -0.39 is 0 Å². The third-order valence-electron chi connectivity index (χ3n) is 5.05. The van der Waals surface area contributed by atoms with Gasteiger partial charge in [0.15, 0.2) is 5.82 Å². The Balaban J connectivity index is 1.65. The lowest BCUT2D eigenvalue weighted by molar-refractivity contribution is 0.441. The smallest absolute Gasteiger partial charge is 0.247 e. The van der Waals surface area contributed by atoms with Gasteiger partial charge in [-0.05, 0) is 43.7 Å². The van der Waals surface area contributed by atoms with Gasteiger partial charge in [-0.25, -0.2) is 0 Å². The molecule has 5 heteroatoms. The zero-order valence-electron chi connectivity index (χ0n) is 13.6. The molecule has 3 heterocycles. The molecule has 1 unspecified atom stereocenters. The number of para-hydroxylation sites is 1. The Bertz CT molecular complexity index is 687. The number of rotatable bonds is 3. The molecular formula is C18H23N5. The van der Waals surface area contributed by atoms with Gasteiger partial charge in [-0.3, -0.25) is 0 Å². The van der Waals surface area contributed by atoms with Crippen LogP contribution in [0.3, 0.4) is 0 Å². The van der Waals surface area contributed by atoms with Crippen molar-refractivity contribution in [1.29, 1.82) is 0 Å². The molecule has 0 spiro atoms. The lowest BCUT2D eigenvalue weighted by Crippen LogP contribution is -2.40. The van der Waals surface area contributed by atoms with Gasteiger partial charge in [-0.1, -0.05) is 25.1 Å². The van der Waals surface area contributed by atoms with E-state index in [1.165, 1.54) is 30.5 Å². The molecule has 4 rings (SSSR count). The van der Waals surface area contributed by atoms with E-state index in [9.17, 15) is 0 Å². The average molecular weight is 309 g/mol. The van der Waals surface area contributed by atoms with Gasteiger partial charge < -0.3 is 9.80 Å². The number of hydrogen-bond donors (Lipinski definition) is 0. The van der Waals surface area contributed by atoms with E-state index in [1.807, 2.05) is 0 Å². The minimum absolute atomic E-state index is 0.548. The molecule has 120 valence electrons. The van der Waals surface area contributed by atoms with E-state index in [2.05, 4.69) is 51.2 Å². The van der Waals surface area contributed by atoms with E-state index >= 15 is 0 Å². The standard InChI is InChI=1S/C18H23N5/c1-2-15-8-5-6-11-22(15)18-20-17(13-19-21-18)23-12-10-14-7-3-4-9-16(14)23/h3-4,7,9,13,15H,2,5-6,8,10-12H2,1H3. The van der Waals surface area contributed by atoms with Crippen molar-refractivity contribution in [2.45, 2.75) is 45.1 Å². The largest absolute Gasteiger partial charge is 0.336 e. The van der Waals surface area contributed by atoms with Crippen LogP contribution in [-0.4, -0.2) is 34.3 Å². The lowest BCUT2D eigenvalue weighted by atomic mass is 10.0. The minimum Gasteiger partial charge on any atom is -0.336 e. The highest BCUT2D eigenvalue weighted by Crippen LogP contribution is 2.33. The van der Waals surface area contributed by atoms with Crippen molar-refractivity contribution in [1.82, 2.24) is 15.2 Å². The lowest BCUT2D eigenvalue weighted by Gasteiger charge is -2.35. The fourth-order valence-corrected chi connectivity index (χ4v) is 3.80. The molecule has 2 aliphatic rings. The van der Waals surface area contributed by atoms with Crippen LogP contribution in [0.25, 0.3) is 0 Å². The van der Waals surface area contributed by atoms with Crippen LogP contribution in [0, 0.1) is 0 Å². The molecule has 0 aliphatic carbocycles. The average Bonchev–Trinajstić information content (AvgIpc) is 3.06. The molecule has 0 amide bonds. The Kier molecular flexibility index (Phi) is 3.85. The van der Waals surface area contributed by atoms with Gasteiger partial charge in [0.2, 0.25) is 5.95 Å². The van der Waals surface area contributed by atoms with Crippen molar-refractivity contribution in [2.75, 3.05) is 22.9 Å². The van der Waals surface area contributed by atoms with E-state index in [4.69, 9.17) is 4.98 Å². The maximum atomic E-state index is 4.85. The fraction of sp³-hybridized carbons (Fsp3) is 0.500. The molecule has 5 nitrogen and oxygen atoms in total. The highest BCUT2D eigenvalue weighted by molar-refractivity contribution is 5.67. The molecule has 0 bridgehead atoms. The molecular weight excluding hydrogens is 286 g/mol. The fourth-order valence-electron chi connectivity index (χ4n) is 3.80.